The van der Waals surface area contributed by atoms with E-state index in [1.54, 1.807) is 0 Å². The molecule has 2 rings (SSSR count). The van der Waals surface area contributed by atoms with Gasteiger partial charge in [0.1, 0.15) is 0 Å². The van der Waals surface area contributed by atoms with Gasteiger partial charge < -0.3 is 4.57 Å². The molecule has 1 fully saturated rings. The molecule has 0 aromatic carbocycles. The number of hydrogen-bond acceptors (Lipinski definition) is 2. The van der Waals surface area contributed by atoms with Crippen molar-refractivity contribution in [3.63, 3.8) is 0 Å². The third-order valence-electron chi connectivity index (χ3n) is 2.50. The Labute approximate surface area is 91.2 Å². The topological polar surface area (TPSA) is 17.8 Å². The summed E-state index contributed by atoms with van der Waals surface area (Å²) in [7, 11) is 0. The van der Waals surface area contributed by atoms with Crippen LogP contribution in [-0.2, 0) is 5.33 Å². The van der Waals surface area contributed by atoms with E-state index in [1.807, 2.05) is 18.1 Å². The van der Waals surface area contributed by atoms with Crippen LogP contribution in [0.15, 0.2) is 12.5 Å². The van der Waals surface area contributed by atoms with E-state index in [9.17, 15) is 0 Å². The molecule has 2 atom stereocenters. The SMILES string of the molecule is CC1CSCC1n1cnc(CBr)c1. The number of thioether (sulfide) groups is 1. The van der Waals surface area contributed by atoms with E-state index < -0.39 is 0 Å². The van der Waals surface area contributed by atoms with E-state index in [4.69, 9.17) is 0 Å². The van der Waals surface area contributed by atoms with Crippen LogP contribution >= 0.6 is 27.7 Å². The van der Waals surface area contributed by atoms with Crippen LogP contribution in [0.25, 0.3) is 0 Å². The van der Waals surface area contributed by atoms with Gasteiger partial charge in [-0.25, -0.2) is 4.98 Å². The minimum Gasteiger partial charge on any atom is -0.333 e. The van der Waals surface area contributed by atoms with Gasteiger partial charge in [-0.05, 0) is 11.7 Å². The van der Waals surface area contributed by atoms with Crippen LogP contribution in [0.1, 0.15) is 18.7 Å². The third kappa shape index (κ3) is 1.94. The first-order valence-electron chi connectivity index (χ1n) is 4.47. The number of alkyl halides is 1. The summed E-state index contributed by atoms with van der Waals surface area (Å²) in [5, 5.41) is 0.855. The quantitative estimate of drug-likeness (QED) is 0.762. The lowest BCUT2D eigenvalue weighted by Crippen LogP contribution is -2.13. The Morgan fingerprint density at radius 1 is 1.69 bits per heavy atom. The molecule has 0 bridgehead atoms. The highest BCUT2D eigenvalue weighted by Gasteiger charge is 2.25. The average Bonchev–Trinajstić information content (AvgIpc) is 2.71. The number of rotatable bonds is 2. The highest BCUT2D eigenvalue weighted by Crippen LogP contribution is 2.33. The second-order valence-corrected chi connectivity index (χ2v) is 5.16. The van der Waals surface area contributed by atoms with Gasteiger partial charge in [0.2, 0.25) is 0 Å². The lowest BCUT2D eigenvalue weighted by atomic mass is 10.1. The Morgan fingerprint density at radius 2 is 2.54 bits per heavy atom. The highest BCUT2D eigenvalue weighted by molar-refractivity contribution is 9.08. The Hall–Kier alpha value is 0.0400. The van der Waals surface area contributed by atoms with Gasteiger partial charge in [-0.15, -0.1) is 0 Å². The van der Waals surface area contributed by atoms with Gasteiger partial charge in [-0.3, -0.25) is 0 Å². The Morgan fingerprint density at radius 3 is 3.08 bits per heavy atom. The van der Waals surface area contributed by atoms with Crippen LogP contribution in [0.3, 0.4) is 0 Å². The minimum atomic E-state index is 0.658. The zero-order chi connectivity index (χ0) is 9.26. The molecule has 2 nitrogen and oxygen atoms in total. The summed E-state index contributed by atoms with van der Waals surface area (Å²) >= 11 is 5.46. The second kappa shape index (κ2) is 4.05. The summed E-state index contributed by atoms with van der Waals surface area (Å²) in [5.74, 6) is 3.30. The fraction of sp³-hybridized carbons (Fsp3) is 0.667. The van der Waals surface area contributed by atoms with Crippen LogP contribution in [0.5, 0.6) is 0 Å². The summed E-state index contributed by atoms with van der Waals surface area (Å²) in [5.41, 5.74) is 1.13. The molecule has 0 N–H and O–H groups in total. The molecule has 0 radical (unpaired) electrons. The fourth-order valence-electron chi connectivity index (χ4n) is 1.66. The first-order chi connectivity index (χ1) is 6.31. The van der Waals surface area contributed by atoms with Crippen molar-refractivity contribution in [3.8, 4) is 0 Å². The van der Waals surface area contributed by atoms with E-state index in [1.165, 1.54) is 11.5 Å². The van der Waals surface area contributed by atoms with Gasteiger partial charge in [0.25, 0.3) is 0 Å². The molecule has 1 saturated heterocycles. The molecule has 13 heavy (non-hydrogen) atoms. The predicted molar refractivity (Wildman–Crippen MR) is 60.4 cm³/mol. The zero-order valence-corrected chi connectivity index (χ0v) is 10.0. The third-order valence-corrected chi connectivity index (χ3v) is 4.41. The van der Waals surface area contributed by atoms with Crippen molar-refractivity contribution in [2.75, 3.05) is 11.5 Å². The maximum atomic E-state index is 4.32. The first-order valence-corrected chi connectivity index (χ1v) is 6.75. The largest absolute Gasteiger partial charge is 0.333 e. The van der Waals surface area contributed by atoms with Gasteiger partial charge in [0, 0.05) is 23.3 Å². The van der Waals surface area contributed by atoms with Crippen LogP contribution in [-0.4, -0.2) is 21.1 Å². The standard InChI is InChI=1S/C9H13BrN2S/c1-7-4-13-5-9(7)12-3-8(2-10)11-6-12/h3,6-7,9H,2,4-5H2,1H3. The molecule has 1 aliphatic heterocycles. The van der Waals surface area contributed by atoms with E-state index >= 15 is 0 Å². The van der Waals surface area contributed by atoms with Crippen LogP contribution in [0, 0.1) is 5.92 Å². The van der Waals surface area contributed by atoms with Crippen molar-refractivity contribution in [2.45, 2.75) is 18.3 Å². The van der Waals surface area contributed by atoms with Crippen LogP contribution < -0.4 is 0 Å². The summed E-state index contributed by atoms with van der Waals surface area (Å²) in [6.45, 7) is 2.32. The fourth-order valence-corrected chi connectivity index (χ4v) is 3.42. The molecule has 0 saturated carbocycles. The molecular formula is C9H13BrN2S. The Kier molecular flexibility index (Phi) is 2.99. The van der Waals surface area contributed by atoms with Gasteiger partial charge in [-0.1, -0.05) is 22.9 Å². The van der Waals surface area contributed by atoms with E-state index in [0.717, 1.165) is 16.9 Å². The smallest absolute Gasteiger partial charge is 0.0952 e. The number of hydrogen-bond donors (Lipinski definition) is 0. The van der Waals surface area contributed by atoms with E-state index in [-0.39, 0.29) is 0 Å². The van der Waals surface area contributed by atoms with Crippen molar-refractivity contribution < 1.29 is 0 Å². The summed E-state index contributed by atoms with van der Waals surface area (Å²) in [6.07, 6.45) is 4.12. The van der Waals surface area contributed by atoms with E-state index in [0.29, 0.717) is 6.04 Å². The predicted octanol–water partition coefficient (Wildman–Crippen LogP) is 2.70. The van der Waals surface area contributed by atoms with Gasteiger partial charge >= 0.3 is 0 Å². The zero-order valence-electron chi connectivity index (χ0n) is 7.61. The number of imidazole rings is 1. The van der Waals surface area contributed by atoms with E-state index in [2.05, 4.69) is 38.6 Å². The summed E-state index contributed by atoms with van der Waals surface area (Å²) < 4.78 is 2.27. The normalized spacial score (nSPS) is 28.2. The van der Waals surface area contributed by atoms with Crippen molar-refractivity contribution >= 4 is 27.7 Å². The molecule has 72 valence electrons. The van der Waals surface area contributed by atoms with Crippen molar-refractivity contribution in [2.24, 2.45) is 5.92 Å². The van der Waals surface area contributed by atoms with Gasteiger partial charge in [-0.2, -0.15) is 11.8 Å². The first kappa shape index (κ1) is 9.59. The van der Waals surface area contributed by atoms with Crippen molar-refractivity contribution in [1.29, 1.82) is 0 Å². The van der Waals surface area contributed by atoms with Crippen molar-refractivity contribution in [3.05, 3.63) is 18.2 Å². The molecule has 2 unspecified atom stereocenters. The molecule has 1 aromatic heterocycles. The summed E-state index contributed by atoms with van der Waals surface area (Å²) in [6, 6.07) is 0.658. The molecule has 4 heteroatoms. The minimum absolute atomic E-state index is 0.658. The molecule has 1 aliphatic rings. The molecule has 1 aromatic rings. The Bertz CT molecular complexity index is 287. The molecule has 0 spiro atoms. The number of halogens is 1. The summed E-state index contributed by atoms with van der Waals surface area (Å²) in [4.78, 5) is 4.32. The number of nitrogens with zero attached hydrogens (tertiary/aromatic N) is 2. The maximum absolute atomic E-state index is 4.32. The maximum Gasteiger partial charge on any atom is 0.0952 e. The van der Waals surface area contributed by atoms with Gasteiger partial charge in [0.05, 0.1) is 12.0 Å². The molecule has 0 aliphatic carbocycles. The van der Waals surface area contributed by atoms with Crippen LogP contribution in [0.4, 0.5) is 0 Å². The lowest BCUT2D eigenvalue weighted by Gasteiger charge is -2.15. The van der Waals surface area contributed by atoms with Gasteiger partial charge in [0.15, 0.2) is 0 Å². The van der Waals surface area contributed by atoms with Crippen molar-refractivity contribution in [1.82, 2.24) is 9.55 Å². The monoisotopic (exact) mass is 260 g/mol. The molecule has 2 heterocycles. The molecule has 0 amide bonds. The second-order valence-electron chi connectivity index (χ2n) is 3.53. The number of aromatic nitrogens is 2. The Balaban J connectivity index is 2.15. The van der Waals surface area contributed by atoms with Crippen LogP contribution in [0.2, 0.25) is 0 Å². The molecular weight excluding hydrogens is 248 g/mol. The average molecular weight is 261 g/mol. The highest BCUT2D eigenvalue weighted by atomic mass is 79.9. The lowest BCUT2D eigenvalue weighted by molar-refractivity contribution is 0.438.